The summed E-state index contributed by atoms with van der Waals surface area (Å²) in [5, 5.41) is 10.0. The van der Waals surface area contributed by atoms with Crippen LogP contribution in [0.25, 0.3) is 0 Å². The Labute approximate surface area is 124 Å². The van der Waals surface area contributed by atoms with Gasteiger partial charge in [-0.2, -0.15) is 0 Å². The molecule has 2 rings (SSSR count). The Morgan fingerprint density at radius 1 is 1.57 bits per heavy atom. The Kier molecular flexibility index (Phi) is 6.62. The van der Waals surface area contributed by atoms with E-state index >= 15 is 0 Å². The number of β-amino-alcohol motifs (C(OH)–C–C–N with tert-alkyl or cyclic N) is 1. The van der Waals surface area contributed by atoms with E-state index in [9.17, 15) is 5.11 Å². The second-order valence-corrected chi connectivity index (χ2v) is 4.77. The monoisotopic (exact) mass is 294 g/mol. The normalized spacial score (nSPS) is 20.3. The summed E-state index contributed by atoms with van der Waals surface area (Å²) in [7, 11) is 0. The molecule has 0 amide bonds. The number of pyridine rings is 1. The standard InChI is InChI=1S/C15H22N2O4/c1-2-19-8-9-20-12-14(18)11-17-6-7-21-15(17)13-4-3-5-16-10-13/h2-5,10,14-15,18H,1,6-9,11-12H2. The number of aromatic nitrogens is 1. The molecule has 1 aromatic rings. The predicted molar refractivity (Wildman–Crippen MR) is 77.5 cm³/mol. The third-order valence-electron chi connectivity index (χ3n) is 3.17. The van der Waals surface area contributed by atoms with E-state index in [-0.39, 0.29) is 12.8 Å². The lowest BCUT2D eigenvalue weighted by Crippen LogP contribution is -2.35. The fourth-order valence-corrected chi connectivity index (χ4v) is 2.25. The minimum absolute atomic E-state index is 0.141. The summed E-state index contributed by atoms with van der Waals surface area (Å²) in [4.78, 5) is 6.19. The van der Waals surface area contributed by atoms with Crippen LogP contribution >= 0.6 is 0 Å². The summed E-state index contributed by atoms with van der Waals surface area (Å²) in [5.74, 6) is 0. The first-order chi connectivity index (χ1) is 10.3. The molecule has 0 aromatic carbocycles. The fourth-order valence-electron chi connectivity index (χ4n) is 2.25. The molecule has 1 N–H and O–H groups in total. The Bertz CT molecular complexity index is 415. The van der Waals surface area contributed by atoms with Crippen molar-refractivity contribution in [2.45, 2.75) is 12.3 Å². The van der Waals surface area contributed by atoms with Gasteiger partial charge in [-0.1, -0.05) is 12.6 Å². The molecule has 2 unspecified atom stereocenters. The van der Waals surface area contributed by atoms with Crippen molar-refractivity contribution in [2.75, 3.05) is 39.5 Å². The highest BCUT2D eigenvalue weighted by Gasteiger charge is 2.28. The van der Waals surface area contributed by atoms with E-state index in [4.69, 9.17) is 14.2 Å². The number of aliphatic hydroxyl groups is 1. The van der Waals surface area contributed by atoms with E-state index in [0.717, 1.165) is 12.1 Å². The van der Waals surface area contributed by atoms with Crippen LogP contribution in [0.4, 0.5) is 0 Å². The molecule has 0 spiro atoms. The predicted octanol–water partition coefficient (Wildman–Crippen LogP) is 0.950. The van der Waals surface area contributed by atoms with Gasteiger partial charge in [-0.25, -0.2) is 0 Å². The zero-order chi connectivity index (χ0) is 14.9. The van der Waals surface area contributed by atoms with Gasteiger partial charge in [-0.3, -0.25) is 9.88 Å². The van der Waals surface area contributed by atoms with Crippen molar-refractivity contribution in [1.82, 2.24) is 9.88 Å². The molecular weight excluding hydrogens is 272 g/mol. The lowest BCUT2D eigenvalue weighted by molar-refractivity contribution is -0.0237. The minimum Gasteiger partial charge on any atom is -0.499 e. The third-order valence-corrected chi connectivity index (χ3v) is 3.17. The van der Waals surface area contributed by atoms with Gasteiger partial charge in [0.15, 0.2) is 0 Å². The van der Waals surface area contributed by atoms with E-state index in [0.29, 0.717) is 26.4 Å². The summed E-state index contributed by atoms with van der Waals surface area (Å²) in [6.45, 7) is 6.55. The molecule has 1 aromatic heterocycles. The molecule has 6 heteroatoms. The van der Waals surface area contributed by atoms with Crippen LogP contribution in [0.15, 0.2) is 37.4 Å². The second kappa shape index (κ2) is 8.74. The first-order valence-electron chi connectivity index (χ1n) is 7.05. The zero-order valence-electron chi connectivity index (χ0n) is 12.1. The van der Waals surface area contributed by atoms with E-state index in [1.165, 1.54) is 6.26 Å². The summed E-state index contributed by atoms with van der Waals surface area (Å²) in [5.41, 5.74) is 1.00. The highest BCUT2D eigenvalue weighted by Crippen LogP contribution is 2.25. The second-order valence-electron chi connectivity index (χ2n) is 4.77. The Morgan fingerprint density at radius 3 is 3.24 bits per heavy atom. The maximum Gasteiger partial charge on any atom is 0.138 e. The highest BCUT2D eigenvalue weighted by atomic mass is 16.5. The molecular formula is C15H22N2O4. The molecule has 0 aliphatic carbocycles. The molecule has 1 aliphatic rings. The van der Waals surface area contributed by atoms with E-state index in [2.05, 4.69) is 16.5 Å². The molecule has 1 fully saturated rings. The summed E-state index contributed by atoms with van der Waals surface area (Å²) in [6, 6.07) is 3.86. The van der Waals surface area contributed by atoms with Crippen LogP contribution in [0.3, 0.4) is 0 Å². The summed E-state index contributed by atoms with van der Waals surface area (Å²) in [6.07, 6.45) is 4.20. The van der Waals surface area contributed by atoms with Crippen LogP contribution in [0.5, 0.6) is 0 Å². The molecule has 1 saturated heterocycles. The van der Waals surface area contributed by atoms with Gasteiger partial charge in [0, 0.05) is 31.0 Å². The van der Waals surface area contributed by atoms with E-state index in [1.807, 2.05) is 12.1 Å². The Balaban J connectivity index is 1.74. The minimum atomic E-state index is -0.561. The number of hydrogen-bond donors (Lipinski definition) is 1. The molecule has 2 atom stereocenters. The summed E-state index contributed by atoms with van der Waals surface area (Å²) >= 11 is 0. The molecule has 0 bridgehead atoms. The van der Waals surface area contributed by atoms with Crippen molar-refractivity contribution in [3.8, 4) is 0 Å². The number of ether oxygens (including phenoxy) is 3. The number of nitrogens with zero attached hydrogens (tertiary/aromatic N) is 2. The quantitative estimate of drug-likeness (QED) is 0.540. The van der Waals surface area contributed by atoms with Gasteiger partial charge in [-0.15, -0.1) is 0 Å². The van der Waals surface area contributed by atoms with Crippen LogP contribution in [0.2, 0.25) is 0 Å². The SMILES string of the molecule is C=COCCOCC(O)CN1CCOC1c1cccnc1. The van der Waals surface area contributed by atoms with Crippen molar-refractivity contribution in [1.29, 1.82) is 0 Å². The van der Waals surface area contributed by atoms with Crippen LogP contribution in [-0.2, 0) is 14.2 Å². The maximum atomic E-state index is 10.0. The van der Waals surface area contributed by atoms with Gasteiger partial charge in [0.1, 0.15) is 12.8 Å². The average molecular weight is 294 g/mol. The van der Waals surface area contributed by atoms with Crippen LogP contribution in [-0.4, -0.2) is 60.6 Å². The molecule has 0 saturated carbocycles. The van der Waals surface area contributed by atoms with Crippen molar-refractivity contribution in [2.24, 2.45) is 0 Å². The van der Waals surface area contributed by atoms with E-state index < -0.39 is 6.10 Å². The lowest BCUT2D eigenvalue weighted by Gasteiger charge is -2.25. The summed E-state index contributed by atoms with van der Waals surface area (Å²) < 4.78 is 16.0. The topological polar surface area (TPSA) is 64.0 Å². The third kappa shape index (κ3) is 5.09. The van der Waals surface area contributed by atoms with Crippen LogP contribution in [0, 0.1) is 0 Å². The first kappa shape index (κ1) is 15.9. The number of aliphatic hydroxyl groups excluding tert-OH is 1. The largest absolute Gasteiger partial charge is 0.499 e. The molecule has 21 heavy (non-hydrogen) atoms. The van der Waals surface area contributed by atoms with Crippen molar-refractivity contribution < 1.29 is 19.3 Å². The number of rotatable bonds is 9. The van der Waals surface area contributed by atoms with E-state index in [1.54, 1.807) is 12.4 Å². The zero-order valence-corrected chi connectivity index (χ0v) is 12.1. The number of hydrogen-bond acceptors (Lipinski definition) is 6. The van der Waals surface area contributed by atoms with Crippen LogP contribution in [0.1, 0.15) is 11.8 Å². The van der Waals surface area contributed by atoms with Crippen molar-refractivity contribution in [3.05, 3.63) is 42.9 Å². The lowest BCUT2D eigenvalue weighted by atomic mass is 10.2. The smallest absolute Gasteiger partial charge is 0.138 e. The Hall–Kier alpha value is -1.47. The maximum absolute atomic E-state index is 10.0. The first-order valence-corrected chi connectivity index (χ1v) is 7.05. The van der Waals surface area contributed by atoms with Gasteiger partial charge in [0.05, 0.1) is 32.2 Å². The van der Waals surface area contributed by atoms with Gasteiger partial charge in [0.25, 0.3) is 0 Å². The molecule has 2 heterocycles. The fraction of sp³-hybridized carbons (Fsp3) is 0.533. The molecule has 6 nitrogen and oxygen atoms in total. The highest BCUT2D eigenvalue weighted by molar-refractivity contribution is 5.12. The Morgan fingerprint density at radius 2 is 2.48 bits per heavy atom. The molecule has 116 valence electrons. The average Bonchev–Trinajstić information content (AvgIpc) is 2.96. The van der Waals surface area contributed by atoms with Gasteiger partial charge < -0.3 is 19.3 Å². The van der Waals surface area contributed by atoms with Gasteiger partial charge in [0.2, 0.25) is 0 Å². The molecule has 0 radical (unpaired) electrons. The van der Waals surface area contributed by atoms with Crippen molar-refractivity contribution in [3.63, 3.8) is 0 Å². The van der Waals surface area contributed by atoms with Gasteiger partial charge >= 0.3 is 0 Å². The van der Waals surface area contributed by atoms with Gasteiger partial charge in [-0.05, 0) is 6.07 Å². The molecule has 1 aliphatic heterocycles. The van der Waals surface area contributed by atoms with Crippen molar-refractivity contribution >= 4 is 0 Å². The van der Waals surface area contributed by atoms with Crippen LogP contribution < -0.4 is 0 Å².